The first kappa shape index (κ1) is 10.1. The summed E-state index contributed by atoms with van der Waals surface area (Å²) in [7, 11) is 0. The smallest absolute Gasteiger partial charge is 0.0748 e. The molecule has 0 radical (unpaired) electrons. The maximum atomic E-state index is 4.52. The van der Waals surface area contributed by atoms with Crippen LogP contribution < -0.4 is 5.32 Å². The first-order valence-corrected chi connectivity index (χ1v) is 6.06. The molecule has 1 N–H and O–H groups in total. The predicted molar refractivity (Wildman–Crippen MR) is 60.5 cm³/mol. The van der Waals surface area contributed by atoms with Gasteiger partial charge in [0.05, 0.1) is 11.2 Å². The number of hydrogen-bond donors (Lipinski definition) is 1. The molecule has 1 aliphatic heterocycles. The van der Waals surface area contributed by atoms with E-state index in [1.165, 1.54) is 18.5 Å². The van der Waals surface area contributed by atoms with Crippen molar-refractivity contribution in [2.75, 3.05) is 6.54 Å². The van der Waals surface area contributed by atoms with Gasteiger partial charge in [0.1, 0.15) is 0 Å². The summed E-state index contributed by atoms with van der Waals surface area (Å²) in [6, 6.07) is 2.16. The van der Waals surface area contributed by atoms with Crippen LogP contribution in [0.15, 0.2) is 11.4 Å². The summed E-state index contributed by atoms with van der Waals surface area (Å²) in [5.41, 5.74) is 1.57. The van der Waals surface area contributed by atoms with Crippen molar-refractivity contribution in [3.05, 3.63) is 17.1 Å². The van der Waals surface area contributed by atoms with E-state index in [4.69, 9.17) is 0 Å². The molecule has 0 spiro atoms. The predicted octanol–water partition coefficient (Wildman–Crippen LogP) is 2.77. The van der Waals surface area contributed by atoms with Gasteiger partial charge in [-0.25, -0.2) is 0 Å². The summed E-state index contributed by atoms with van der Waals surface area (Å²) in [5.74, 6) is 0. The van der Waals surface area contributed by atoms with Gasteiger partial charge in [-0.2, -0.15) is 4.37 Å². The Labute approximate surface area is 89.9 Å². The van der Waals surface area contributed by atoms with Crippen LogP contribution in [0.3, 0.4) is 0 Å². The SMILES string of the molecule is CC(C)(C)C1(c2ccsn2)CCCN1. The maximum absolute atomic E-state index is 4.52. The zero-order chi connectivity index (χ0) is 10.2. The quantitative estimate of drug-likeness (QED) is 0.771. The summed E-state index contributed by atoms with van der Waals surface area (Å²) in [6.45, 7) is 8.01. The van der Waals surface area contributed by atoms with Crippen LogP contribution in [-0.4, -0.2) is 10.9 Å². The Morgan fingerprint density at radius 2 is 2.29 bits per heavy atom. The molecule has 1 aromatic rings. The van der Waals surface area contributed by atoms with Crippen LogP contribution >= 0.6 is 11.5 Å². The van der Waals surface area contributed by atoms with E-state index < -0.39 is 0 Å². The van der Waals surface area contributed by atoms with Crippen molar-refractivity contribution in [1.82, 2.24) is 9.69 Å². The van der Waals surface area contributed by atoms with E-state index in [-0.39, 0.29) is 11.0 Å². The fourth-order valence-electron chi connectivity index (χ4n) is 2.42. The number of nitrogens with zero attached hydrogens (tertiary/aromatic N) is 1. The van der Waals surface area contributed by atoms with E-state index in [2.05, 4.69) is 41.9 Å². The number of nitrogens with one attached hydrogen (secondary N) is 1. The summed E-state index contributed by atoms with van der Waals surface area (Å²) in [6.07, 6.45) is 2.47. The minimum Gasteiger partial charge on any atom is -0.306 e. The van der Waals surface area contributed by atoms with Gasteiger partial charge in [-0.05, 0) is 42.4 Å². The summed E-state index contributed by atoms with van der Waals surface area (Å²) >= 11 is 1.55. The van der Waals surface area contributed by atoms with Crippen LogP contribution in [-0.2, 0) is 5.54 Å². The van der Waals surface area contributed by atoms with Gasteiger partial charge in [0.25, 0.3) is 0 Å². The van der Waals surface area contributed by atoms with E-state index >= 15 is 0 Å². The minimum atomic E-state index is 0.104. The van der Waals surface area contributed by atoms with Crippen LogP contribution in [0.5, 0.6) is 0 Å². The van der Waals surface area contributed by atoms with Crippen LogP contribution in [0.4, 0.5) is 0 Å². The zero-order valence-electron chi connectivity index (χ0n) is 9.13. The van der Waals surface area contributed by atoms with Crippen molar-refractivity contribution in [3.8, 4) is 0 Å². The second kappa shape index (κ2) is 3.31. The molecule has 1 aromatic heterocycles. The molecule has 2 rings (SSSR count). The molecular formula is C11H18N2S. The largest absolute Gasteiger partial charge is 0.306 e. The van der Waals surface area contributed by atoms with Crippen molar-refractivity contribution in [1.29, 1.82) is 0 Å². The standard InChI is InChI=1S/C11H18N2S/c1-10(2,3)11(6-4-7-12-11)9-5-8-14-13-9/h5,8,12H,4,6-7H2,1-3H3. The average molecular weight is 210 g/mol. The number of rotatable bonds is 1. The number of hydrogen-bond acceptors (Lipinski definition) is 3. The molecule has 2 heterocycles. The van der Waals surface area contributed by atoms with Gasteiger partial charge in [-0.15, -0.1) is 0 Å². The Morgan fingerprint density at radius 3 is 2.71 bits per heavy atom. The molecule has 0 saturated carbocycles. The molecule has 1 atom stereocenters. The molecule has 3 heteroatoms. The van der Waals surface area contributed by atoms with Gasteiger partial charge in [-0.3, -0.25) is 0 Å². The third-order valence-corrected chi connectivity index (χ3v) is 3.87. The van der Waals surface area contributed by atoms with Crippen LogP contribution in [0.2, 0.25) is 0 Å². The van der Waals surface area contributed by atoms with Gasteiger partial charge in [0.15, 0.2) is 0 Å². The van der Waals surface area contributed by atoms with Crippen molar-refractivity contribution in [2.45, 2.75) is 39.2 Å². The molecular weight excluding hydrogens is 192 g/mol. The first-order valence-electron chi connectivity index (χ1n) is 5.22. The molecule has 1 aliphatic rings. The van der Waals surface area contributed by atoms with Gasteiger partial charge in [0.2, 0.25) is 0 Å². The third kappa shape index (κ3) is 1.39. The van der Waals surface area contributed by atoms with E-state index in [9.17, 15) is 0 Å². The summed E-state index contributed by atoms with van der Waals surface area (Å²) < 4.78 is 4.52. The summed E-state index contributed by atoms with van der Waals surface area (Å²) in [4.78, 5) is 0. The third-order valence-electron chi connectivity index (χ3n) is 3.31. The lowest BCUT2D eigenvalue weighted by atomic mass is 9.70. The Bertz CT molecular complexity index is 292. The zero-order valence-corrected chi connectivity index (χ0v) is 9.95. The highest BCUT2D eigenvalue weighted by atomic mass is 32.1. The molecule has 0 aromatic carbocycles. The minimum absolute atomic E-state index is 0.104. The van der Waals surface area contributed by atoms with E-state index in [0.717, 1.165) is 6.54 Å². The molecule has 0 amide bonds. The first-order chi connectivity index (χ1) is 6.56. The molecule has 1 unspecified atom stereocenters. The van der Waals surface area contributed by atoms with Crippen LogP contribution in [0.1, 0.15) is 39.3 Å². The molecule has 0 aliphatic carbocycles. The lowest BCUT2D eigenvalue weighted by Gasteiger charge is -2.41. The Morgan fingerprint density at radius 1 is 1.50 bits per heavy atom. The molecule has 1 saturated heterocycles. The lowest BCUT2D eigenvalue weighted by Crippen LogP contribution is -2.48. The van der Waals surface area contributed by atoms with Gasteiger partial charge < -0.3 is 5.32 Å². The Kier molecular flexibility index (Phi) is 2.40. The average Bonchev–Trinajstić information content (AvgIpc) is 2.74. The monoisotopic (exact) mass is 210 g/mol. The van der Waals surface area contributed by atoms with Crippen molar-refractivity contribution in [3.63, 3.8) is 0 Å². The van der Waals surface area contributed by atoms with E-state index in [1.54, 1.807) is 11.5 Å². The van der Waals surface area contributed by atoms with Crippen LogP contribution in [0.25, 0.3) is 0 Å². The van der Waals surface area contributed by atoms with Crippen molar-refractivity contribution < 1.29 is 0 Å². The maximum Gasteiger partial charge on any atom is 0.0748 e. The molecule has 14 heavy (non-hydrogen) atoms. The van der Waals surface area contributed by atoms with E-state index in [1.807, 2.05) is 0 Å². The highest BCUT2D eigenvalue weighted by Crippen LogP contribution is 2.44. The second-order valence-corrected chi connectivity index (χ2v) is 5.74. The van der Waals surface area contributed by atoms with Gasteiger partial charge in [-0.1, -0.05) is 20.8 Å². The molecule has 2 nitrogen and oxygen atoms in total. The normalized spacial score (nSPS) is 28.2. The van der Waals surface area contributed by atoms with E-state index in [0.29, 0.717) is 0 Å². The van der Waals surface area contributed by atoms with Crippen molar-refractivity contribution in [2.24, 2.45) is 5.41 Å². The van der Waals surface area contributed by atoms with Crippen molar-refractivity contribution >= 4 is 11.5 Å². The lowest BCUT2D eigenvalue weighted by molar-refractivity contribution is 0.156. The fraction of sp³-hybridized carbons (Fsp3) is 0.727. The Balaban J connectivity index is 2.42. The topological polar surface area (TPSA) is 24.9 Å². The van der Waals surface area contributed by atoms with Gasteiger partial charge >= 0.3 is 0 Å². The fourth-order valence-corrected chi connectivity index (χ4v) is 3.00. The molecule has 0 bridgehead atoms. The molecule has 1 fully saturated rings. The van der Waals surface area contributed by atoms with Gasteiger partial charge in [0, 0.05) is 5.38 Å². The second-order valence-electron chi connectivity index (χ2n) is 5.07. The number of aromatic nitrogens is 1. The Hall–Kier alpha value is -0.410. The highest BCUT2D eigenvalue weighted by molar-refractivity contribution is 7.03. The molecule has 78 valence electrons. The highest BCUT2D eigenvalue weighted by Gasteiger charge is 2.46. The summed E-state index contributed by atoms with van der Waals surface area (Å²) in [5, 5.41) is 5.73. The van der Waals surface area contributed by atoms with Crippen LogP contribution in [0, 0.1) is 5.41 Å².